The van der Waals surface area contributed by atoms with Crippen molar-refractivity contribution in [1.29, 1.82) is 0 Å². The van der Waals surface area contributed by atoms with Gasteiger partial charge in [-0.2, -0.15) is 0 Å². The van der Waals surface area contributed by atoms with E-state index < -0.39 is 10.0 Å². The maximum Gasteiger partial charge on any atom is 0.238 e. The number of nitrogens with two attached hydrogens (primary N) is 1. The number of nitrogens with one attached hydrogen (secondary N) is 2. The summed E-state index contributed by atoms with van der Waals surface area (Å²) >= 11 is 1.72. The van der Waals surface area contributed by atoms with Gasteiger partial charge in [0.05, 0.1) is 4.90 Å². The average molecular weight is 393 g/mol. The molecule has 0 fully saturated rings. The number of thioether (sulfide) groups is 1. The third kappa shape index (κ3) is 5.76. The molecule has 0 unspecified atom stereocenters. The fourth-order valence-electron chi connectivity index (χ4n) is 2.38. The smallest absolute Gasteiger partial charge is 0.238 e. The minimum Gasteiger partial charge on any atom is -0.352 e. The highest BCUT2D eigenvalue weighted by atomic mass is 32.2. The first-order chi connectivity index (χ1) is 12.3. The molecule has 2 aromatic carbocycles. The molecule has 0 amide bonds. The summed E-state index contributed by atoms with van der Waals surface area (Å²) in [7, 11) is -1.95. The zero-order chi connectivity index (χ0) is 19.2. The van der Waals surface area contributed by atoms with Crippen LogP contribution in [0.15, 0.2) is 57.2 Å². The molecule has 2 rings (SSSR count). The third-order valence-corrected chi connectivity index (χ3v) is 5.57. The lowest BCUT2D eigenvalue weighted by Gasteiger charge is -2.14. The summed E-state index contributed by atoms with van der Waals surface area (Å²) in [5, 5.41) is 11.6. The van der Waals surface area contributed by atoms with Crippen LogP contribution >= 0.6 is 11.8 Å². The lowest BCUT2D eigenvalue weighted by Crippen LogP contribution is -2.36. The first kappa shape index (κ1) is 20.3. The second-order valence-corrected chi connectivity index (χ2v) is 8.19. The molecule has 0 aliphatic heterocycles. The summed E-state index contributed by atoms with van der Waals surface area (Å²) < 4.78 is 22.6. The zero-order valence-corrected chi connectivity index (χ0v) is 16.7. The van der Waals surface area contributed by atoms with Crippen LogP contribution in [0.25, 0.3) is 0 Å². The largest absolute Gasteiger partial charge is 0.352 e. The SMILES string of the molecule is CN=C(NCc1ccc(S(N)(=O)=O)cc1)NCc1ccc(C)cc1SC. The van der Waals surface area contributed by atoms with Crippen molar-refractivity contribution < 1.29 is 8.42 Å². The van der Waals surface area contributed by atoms with Gasteiger partial charge in [0.1, 0.15) is 0 Å². The maximum atomic E-state index is 11.3. The van der Waals surface area contributed by atoms with Gasteiger partial charge in [-0.1, -0.05) is 24.3 Å². The van der Waals surface area contributed by atoms with Crippen LogP contribution in [0.4, 0.5) is 0 Å². The highest BCUT2D eigenvalue weighted by Gasteiger charge is 2.07. The van der Waals surface area contributed by atoms with E-state index >= 15 is 0 Å². The lowest BCUT2D eigenvalue weighted by molar-refractivity contribution is 0.597. The minimum absolute atomic E-state index is 0.104. The Hall–Kier alpha value is -2.03. The Bertz CT molecular complexity index is 879. The van der Waals surface area contributed by atoms with Crippen LogP contribution in [0.5, 0.6) is 0 Å². The fourth-order valence-corrected chi connectivity index (χ4v) is 3.60. The first-order valence-electron chi connectivity index (χ1n) is 8.03. The number of sulfonamides is 1. The average Bonchev–Trinajstić information content (AvgIpc) is 2.62. The van der Waals surface area contributed by atoms with Gasteiger partial charge in [-0.25, -0.2) is 13.6 Å². The molecule has 0 spiro atoms. The van der Waals surface area contributed by atoms with E-state index in [1.54, 1.807) is 30.9 Å². The van der Waals surface area contributed by atoms with Crippen LogP contribution in [0.1, 0.15) is 16.7 Å². The Morgan fingerprint density at radius 1 is 1.12 bits per heavy atom. The van der Waals surface area contributed by atoms with Crippen LogP contribution < -0.4 is 15.8 Å². The van der Waals surface area contributed by atoms with Crippen molar-refractivity contribution in [2.75, 3.05) is 13.3 Å². The summed E-state index contributed by atoms with van der Waals surface area (Å²) in [6, 6.07) is 12.8. The summed E-state index contributed by atoms with van der Waals surface area (Å²) in [6.07, 6.45) is 2.07. The lowest BCUT2D eigenvalue weighted by atomic mass is 10.1. The van der Waals surface area contributed by atoms with Gasteiger partial charge in [0.15, 0.2) is 5.96 Å². The van der Waals surface area contributed by atoms with Crippen LogP contribution in [0, 0.1) is 6.92 Å². The molecule has 0 aromatic heterocycles. The van der Waals surface area contributed by atoms with Crippen molar-refractivity contribution in [3.8, 4) is 0 Å². The molecule has 0 saturated heterocycles. The fraction of sp³-hybridized carbons (Fsp3) is 0.278. The monoisotopic (exact) mass is 392 g/mol. The molecular formula is C18H24N4O2S2. The third-order valence-electron chi connectivity index (χ3n) is 3.82. The molecule has 0 radical (unpaired) electrons. The number of guanidine groups is 1. The summed E-state index contributed by atoms with van der Waals surface area (Å²) in [5.41, 5.74) is 3.38. The van der Waals surface area contributed by atoms with E-state index in [1.165, 1.54) is 28.2 Å². The van der Waals surface area contributed by atoms with Crippen molar-refractivity contribution in [1.82, 2.24) is 10.6 Å². The van der Waals surface area contributed by atoms with Gasteiger partial charge >= 0.3 is 0 Å². The number of primary sulfonamides is 1. The Kier molecular flexibility index (Phi) is 7.07. The summed E-state index contributed by atoms with van der Waals surface area (Å²) in [6.45, 7) is 3.27. The molecule has 0 heterocycles. The first-order valence-corrected chi connectivity index (χ1v) is 10.8. The minimum atomic E-state index is -3.66. The molecule has 26 heavy (non-hydrogen) atoms. The Labute approximate surface area is 159 Å². The number of aryl methyl sites for hydroxylation is 1. The van der Waals surface area contributed by atoms with E-state index in [4.69, 9.17) is 5.14 Å². The number of nitrogens with zero attached hydrogens (tertiary/aromatic N) is 1. The molecular weight excluding hydrogens is 368 g/mol. The van der Waals surface area contributed by atoms with Gasteiger partial charge in [-0.3, -0.25) is 4.99 Å². The molecule has 0 aliphatic carbocycles. The number of benzene rings is 2. The van der Waals surface area contributed by atoms with E-state index in [0.717, 1.165) is 5.56 Å². The van der Waals surface area contributed by atoms with Crippen molar-refractivity contribution in [3.63, 3.8) is 0 Å². The highest BCUT2D eigenvalue weighted by molar-refractivity contribution is 7.98. The molecule has 0 aliphatic rings. The van der Waals surface area contributed by atoms with Crippen molar-refractivity contribution >= 4 is 27.7 Å². The second kappa shape index (κ2) is 9.07. The standard InChI is InChI=1S/C18H24N4O2S2/c1-13-4-7-15(17(10-13)25-3)12-22-18(20-2)21-11-14-5-8-16(9-6-14)26(19,23)24/h4-10H,11-12H2,1-3H3,(H2,19,23,24)(H2,20,21,22). The van der Waals surface area contributed by atoms with Gasteiger partial charge in [0, 0.05) is 25.0 Å². The molecule has 4 N–H and O–H groups in total. The highest BCUT2D eigenvalue weighted by Crippen LogP contribution is 2.21. The van der Waals surface area contributed by atoms with Crippen molar-refractivity contribution in [3.05, 3.63) is 59.2 Å². The Balaban J connectivity index is 1.94. The Morgan fingerprint density at radius 2 is 1.77 bits per heavy atom. The van der Waals surface area contributed by atoms with Gasteiger partial charge < -0.3 is 10.6 Å². The molecule has 0 bridgehead atoms. The van der Waals surface area contributed by atoms with Gasteiger partial charge in [0.2, 0.25) is 10.0 Å². The number of hydrogen-bond acceptors (Lipinski definition) is 4. The van der Waals surface area contributed by atoms with E-state index in [9.17, 15) is 8.42 Å². The predicted molar refractivity (Wildman–Crippen MR) is 108 cm³/mol. The summed E-state index contributed by atoms with van der Waals surface area (Å²) in [4.78, 5) is 5.57. The zero-order valence-electron chi connectivity index (χ0n) is 15.1. The van der Waals surface area contributed by atoms with E-state index in [0.29, 0.717) is 19.0 Å². The summed E-state index contributed by atoms with van der Waals surface area (Å²) in [5.74, 6) is 0.674. The molecule has 2 aromatic rings. The van der Waals surface area contributed by atoms with Crippen molar-refractivity contribution in [2.45, 2.75) is 29.8 Å². The second-order valence-electron chi connectivity index (χ2n) is 5.78. The van der Waals surface area contributed by atoms with Crippen LogP contribution in [-0.2, 0) is 23.1 Å². The molecule has 8 heteroatoms. The topological polar surface area (TPSA) is 96.6 Å². The number of rotatable bonds is 6. The van der Waals surface area contributed by atoms with E-state index in [2.05, 4.69) is 47.0 Å². The molecule has 140 valence electrons. The van der Waals surface area contributed by atoms with Crippen LogP contribution in [0.2, 0.25) is 0 Å². The normalized spacial score (nSPS) is 12.1. The van der Waals surface area contributed by atoms with Gasteiger partial charge in [0.25, 0.3) is 0 Å². The van der Waals surface area contributed by atoms with Crippen molar-refractivity contribution in [2.24, 2.45) is 10.1 Å². The van der Waals surface area contributed by atoms with Crippen LogP contribution in [0.3, 0.4) is 0 Å². The maximum absolute atomic E-state index is 11.3. The quantitative estimate of drug-likeness (QED) is 0.398. The van der Waals surface area contributed by atoms with Gasteiger partial charge in [-0.05, 0) is 48.1 Å². The predicted octanol–water partition coefficient (Wildman–Crippen LogP) is 2.23. The van der Waals surface area contributed by atoms with Crippen LogP contribution in [-0.4, -0.2) is 27.7 Å². The van der Waals surface area contributed by atoms with E-state index in [1.807, 2.05) is 0 Å². The molecule has 0 saturated carbocycles. The molecule has 6 nitrogen and oxygen atoms in total. The Morgan fingerprint density at radius 3 is 2.35 bits per heavy atom. The van der Waals surface area contributed by atoms with E-state index in [-0.39, 0.29) is 4.90 Å². The number of hydrogen-bond donors (Lipinski definition) is 3. The number of aliphatic imine (C=N–C) groups is 1. The van der Waals surface area contributed by atoms with Gasteiger partial charge in [-0.15, -0.1) is 11.8 Å². The molecule has 0 atom stereocenters.